The van der Waals surface area contributed by atoms with E-state index in [-0.39, 0.29) is 0 Å². The largest absolute Gasteiger partial charge is 0.378 e. The van der Waals surface area contributed by atoms with Gasteiger partial charge in [0.25, 0.3) is 0 Å². The molecule has 1 fully saturated rings. The predicted molar refractivity (Wildman–Crippen MR) is 78.9 cm³/mol. The summed E-state index contributed by atoms with van der Waals surface area (Å²) < 4.78 is 5.66. The first-order chi connectivity index (χ1) is 9.24. The minimum atomic E-state index is 0.392. The molecule has 1 aromatic heterocycles. The van der Waals surface area contributed by atoms with Gasteiger partial charge in [0.05, 0.1) is 11.1 Å². The Hall–Kier alpha value is -0.840. The molecule has 5 heteroatoms. The highest BCUT2D eigenvalue weighted by Crippen LogP contribution is 2.27. The smallest absolute Gasteiger partial charge is 0.147 e. The summed E-state index contributed by atoms with van der Waals surface area (Å²) >= 11 is 6.33. The molecule has 1 N–H and O–H groups in total. The molecule has 1 aromatic rings. The molecule has 0 unspecified atom stereocenters. The fourth-order valence-electron chi connectivity index (χ4n) is 2.47. The van der Waals surface area contributed by atoms with Crippen molar-refractivity contribution in [3.05, 3.63) is 22.8 Å². The second kappa shape index (κ2) is 7.08. The molecular formula is C14H22ClN3O. The Morgan fingerprint density at radius 2 is 2.21 bits per heavy atom. The van der Waals surface area contributed by atoms with Crippen molar-refractivity contribution in [3.63, 3.8) is 0 Å². The summed E-state index contributed by atoms with van der Waals surface area (Å²) in [6, 6.07) is 2.00. The van der Waals surface area contributed by atoms with E-state index in [0.29, 0.717) is 6.10 Å². The molecule has 4 nitrogen and oxygen atoms in total. The first-order valence-corrected chi connectivity index (χ1v) is 7.28. The maximum Gasteiger partial charge on any atom is 0.147 e. The number of halogens is 1. The van der Waals surface area contributed by atoms with E-state index >= 15 is 0 Å². The van der Waals surface area contributed by atoms with Crippen molar-refractivity contribution < 1.29 is 4.74 Å². The zero-order valence-corrected chi connectivity index (χ0v) is 12.4. The molecule has 0 aliphatic carbocycles. The van der Waals surface area contributed by atoms with Crippen LogP contribution < -0.4 is 10.2 Å². The van der Waals surface area contributed by atoms with E-state index in [9.17, 15) is 0 Å². The van der Waals surface area contributed by atoms with E-state index in [0.717, 1.165) is 55.5 Å². The molecule has 1 saturated heterocycles. The fourth-order valence-corrected chi connectivity index (χ4v) is 2.78. The maximum atomic E-state index is 6.33. The summed E-state index contributed by atoms with van der Waals surface area (Å²) in [4.78, 5) is 6.76. The highest BCUT2D eigenvalue weighted by Gasteiger charge is 2.21. The van der Waals surface area contributed by atoms with E-state index in [1.54, 1.807) is 0 Å². The van der Waals surface area contributed by atoms with Gasteiger partial charge in [0.2, 0.25) is 0 Å². The molecule has 0 bridgehead atoms. The lowest BCUT2D eigenvalue weighted by Crippen LogP contribution is -2.37. The van der Waals surface area contributed by atoms with Crippen LogP contribution in [0.4, 0.5) is 5.82 Å². The van der Waals surface area contributed by atoms with Crippen LogP contribution in [-0.2, 0) is 11.3 Å². The Kier molecular flexibility index (Phi) is 5.43. The molecule has 1 aliphatic rings. The molecule has 0 spiro atoms. The lowest BCUT2D eigenvalue weighted by atomic mass is 10.1. The summed E-state index contributed by atoms with van der Waals surface area (Å²) in [5.74, 6) is 0.900. The third-order valence-electron chi connectivity index (χ3n) is 3.40. The Morgan fingerprint density at radius 3 is 2.79 bits per heavy atom. The third kappa shape index (κ3) is 3.81. The van der Waals surface area contributed by atoms with Crippen LogP contribution in [0, 0.1) is 0 Å². The number of nitrogens with one attached hydrogen (secondary N) is 1. The van der Waals surface area contributed by atoms with E-state index in [2.05, 4.69) is 15.2 Å². The number of hydrogen-bond donors (Lipinski definition) is 1. The second-order valence-corrected chi connectivity index (χ2v) is 5.23. The number of aromatic nitrogens is 1. The van der Waals surface area contributed by atoms with Gasteiger partial charge in [0, 0.05) is 32.4 Å². The molecule has 0 radical (unpaired) electrons. The average molecular weight is 284 g/mol. The number of rotatable bonds is 5. The second-order valence-electron chi connectivity index (χ2n) is 4.82. The lowest BCUT2D eigenvalue weighted by Gasteiger charge is -2.33. The van der Waals surface area contributed by atoms with Crippen LogP contribution in [0.25, 0.3) is 0 Å². The molecule has 106 valence electrons. The van der Waals surface area contributed by atoms with Crippen LogP contribution in [0.15, 0.2) is 12.3 Å². The molecule has 19 heavy (non-hydrogen) atoms. The fraction of sp³-hybridized carbons (Fsp3) is 0.643. The SMILES string of the molecule is CCOC1CCN(c2ncc(CNC)cc2Cl)CC1. The molecular weight excluding hydrogens is 262 g/mol. The lowest BCUT2D eigenvalue weighted by molar-refractivity contribution is 0.0458. The van der Waals surface area contributed by atoms with Gasteiger partial charge in [-0.3, -0.25) is 0 Å². The van der Waals surface area contributed by atoms with Crippen molar-refractivity contribution in [2.24, 2.45) is 0 Å². The van der Waals surface area contributed by atoms with E-state index in [1.165, 1.54) is 0 Å². The minimum Gasteiger partial charge on any atom is -0.378 e. The van der Waals surface area contributed by atoms with Gasteiger partial charge in [0.15, 0.2) is 0 Å². The van der Waals surface area contributed by atoms with Crippen LogP contribution in [0.2, 0.25) is 5.02 Å². The molecule has 1 aliphatic heterocycles. The maximum absolute atomic E-state index is 6.33. The third-order valence-corrected chi connectivity index (χ3v) is 3.68. The van der Waals surface area contributed by atoms with Gasteiger partial charge in [-0.1, -0.05) is 11.6 Å². The summed E-state index contributed by atoms with van der Waals surface area (Å²) in [5.41, 5.74) is 1.11. The van der Waals surface area contributed by atoms with Crippen LogP contribution in [0.1, 0.15) is 25.3 Å². The first kappa shape index (κ1) is 14.6. The van der Waals surface area contributed by atoms with Gasteiger partial charge in [-0.2, -0.15) is 0 Å². The van der Waals surface area contributed by atoms with Crippen molar-refractivity contribution in [3.8, 4) is 0 Å². The normalized spacial score (nSPS) is 16.9. The van der Waals surface area contributed by atoms with Gasteiger partial charge in [-0.15, -0.1) is 0 Å². The zero-order valence-electron chi connectivity index (χ0n) is 11.7. The van der Waals surface area contributed by atoms with Crippen molar-refractivity contribution in [2.45, 2.75) is 32.4 Å². The van der Waals surface area contributed by atoms with Crippen molar-refractivity contribution >= 4 is 17.4 Å². The highest BCUT2D eigenvalue weighted by molar-refractivity contribution is 6.33. The Labute approximate surface area is 120 Å². The molecule has 0 atom stereocenters. The molecule has 2 rings (SSSR count). The number of nitrogens with zero attached hydrogens (tertiary/aromatic N) is 2. The number of ether oxygens (including phenoxy) is 1. The van der Waals surface area contributed by atoms with Crippen molar-refractivity contribution in [1.29, 1.82) is 0 Å². The topological polar surface area (TPSA) is 37.4 Å². The molecule has 0 aromatic carbocycles. The summed E-state index contributed by atoms with van der Waals surface area (Å²) in [7, 11) is 1.92. The standard InChI is InChI=1S/C14H22ClN3O/c1-3-19-12-4-6-18(7-5-12)14-13(15)8-11(9-16-2)10-17-14/h8,10,12,16H,3-7,9H2,1-2H3. The van der Waals surface area contributed by atoms with Crippen LogP contribution in [0.3, 0.4) is 0 Å². The molecule has 0 amide bonds. The Bertz CT molecular complexity index is 406. The summed E-state index contributed by atoms with van der Waals surface area (Å²) in [5, 5.41) is 3.84. The minimum absolute atomic E-state index is 0.392. The summed E-state index contributed by atoms with van der Waals surface area (Å²) in [6.07, 6.45) is 4.38. The van der Waals surface area contributed by atoms with Crippen molar-refractivity contribution in [2.75, 3.05) is 31.6 Å². The van der Waals surface area contributed by atoms with Gasteiger partial charge < -0.3 is 15.0 Å². The molecule has 2 heterocycles. The average Bonchev–Trinajstić information content (AvgIpc) is 2.41. The Balaban J connectivity index is 1.99. The van der Waals surface area contributed by atoms with Gasteiger partial charge in [0.1, 0.15) is 5.82 Å². The first-order valence-electron chi connectivity index (χ1n) is 6.90. The zero-order chi connectivity index (χ0) is 13.7. The van der Waals surface area contributed by atoms with Crippen molar-refractivity contribution in [1.82, 2.24) is 10.3 Å². The number of pyridine rings is 1. The van der Waals surface area contributed by atoms with Crippen LogP contribution in [0.5, 0.6) is 0 Å². The van der Waals surface area contributed by atoms with Crippen LogP contribution in [-0.4, -0.2) is 37.8 Å². The van der Waals surface area contributed by atoms with E-state index < -0.39 is 0 Å². The number of anilines is 1. The Morgan fingerprint density at radius 1 is 1.47 bits per heavy atom. The van der Waals surface area contributed by atoms with Crippen LogP contribution >= 0.6 is 11.6 Å². The predicted octanol–water partition coefficient (Wildman–Crippen LogP) is 2.46. The van der Waals surface area contributed by atoms with Gasteiger partial charge in [-0.05, 0) is 38.4 Å². The monoisotopic (exact) mass is 283 g/mol. The molecule has 0 saturated carbocycles. The number of piperidine rings is 1. The highest BCUT2D eigenvalue weighted by atomic mass is 35.5. The summed E-state index contributed by atoms with van der Waals surface area (Å²) in [6.45, 7) is 5.55. The number of hydrogen-bond acceptors (Lipinski definition) is 4. The van der Waals surface area contributed by atoms with Gasteiger partial charge >= 0.3 is 0 Å². The van der Waals surface area contributed by atoms with E-state index in [1.807, 2.05) is 26.2 Å². The van der Waals surface area contributed by atoms with E-state index in [4.69, 9.17) is 16.3 Å². The van der Waals surface area contributed by atoms with Gasteiger partial charge in [-0.25, -0.2) is 4.98 Å². The quantitative estimate of drug-likeness (QED) is 0.901.